The Labute approximate surface area is 144 Å². The van der Waals surface area contributed by atoms with Crippen molar-refractivity contribution in [1.29, 1.82) is 0 Å². The highest BCUT2D eigenvalue weighted by molar-refractivity contribution is 5.70. The maximum absolute atomic E-state index is 11.8. The number of nitrogens with one attached hydrogen (secondary N) is 1. The zero-order chi connectivity index (χ0) is 18.7. The van der Waals surface area contributed by atoms with Gasteiger partial charge in [0, 0.05) is 18.9 Å². The normalized spacial score (nSPS) is 14.6. The van der Waals surface area contributed by atoms with Crippen LogP contribution in [0.4, 0.5) is 4.79 Å². The maximum Gasteiger partial charge on any atom is 0.410 e. The topological polar surface area (TPSA) is 102 Å². The molecule has 0 aliphatic carbocycles. The average molecular weight is 345 g/mol. The summed E-state index contributed by atoms with van der Waals surface area (Å²) in [6, 6.07) is 0. The summed E-state index contributed by atoms with van der Waals surface area (Å²) in [5.41, 5.74) is 0. The van der Waals surface area contributed by atoms with Gasteiger partial charge in [0.25, 0.3) is 6.29 Å². The Morgan fingerprint density at radius 2 is 1.71 bits per heavy atom. The zero-order valence-corrected chi connectivity index (χ0v) is 15.3. The second kappa shape index (κ2) is 11.7. The minimum atomic E-state index is -0.911. The van der Waals surface area contributed by atoms with Crippen LogP contribution in [0.1, 0.15) is 60.3 Å². The fourth-order valence-corrected chi connectivity index (χ4v) is 2.12. The molecule has 0 aromatic rings. The van der Waals surface area contributed by atoms with Crippen LogP contribution in [0.5, 0.6) is 0 Å². The van der Waals surface area contributed by atoms with Crippen LogP contribution in [0.2, 0.25) is 0 Å². The van der Waals surface area contributed by atoms with E-state index >= 15 is 0 Å². The molecule has 7 heteroatoms. The second-order valence-electron chi connectivity index (χ2n) is 6.33. The second-order valence-corrected chi connectivity index (χ2v) is 6.33. The van der Waals surface area contributed by atoms with Crippen molar-refractivity contribution >= 4 is 18.0 Å². The van der Waals surface area contributed by atoms with Crippen molar-refractivity contribution in [3.05, 3.63) is 0 Å². The van der Waals surface area contributed by atoms with Crippen molar-refractivity contribution < 1.29 is 29.0 Å². The lowest BCUT2D eigenvalue weighted by molar-refractivity contribution is -0.174. The molecule has 0 saturated carbocycles. The molecule has 0 radical (unpaired) electrons. The van der Waals surface area contributed by atoms with Gasteiger partial charge >= 0.3 is 18.0 Å². The van der Waals surface area contributed by atoms with Crippen LogP contribution in [0.25, 0.3) is 0 Å². The predicted octanol–water partition coefficient (Wildman–Crippen LogP) is 3.18. The molecule has 0 rings (SSSR count). The average Bonchev–Trinajstić information content (AvgIpc) is 2.52. The molecule has 2 N–H and O–H groups in total. The number of carbonyl (C=O) groups is 3. The monoisotopic (exact) mass is 345 g/mol. The Hall–Kier alpha value is -1.79. The zero-order valence-electron chi connectivity index (χ0n) is 15.3. The summed E-state index contributed by atoms with van der Waals surface area (Å²) >= 11 is 0. The van der Waals surface area contributed by atoms with Gasteiger partial charge in [0.1, 0.15) is 0 Å². The molecule has 1 amide bonds. The smallest absolute Gasteiger partial charge is 0.410 e. The van der Waals surface area contributed by atoms with Crippen LogP contribution in [0.15, 0.2) is 0 Å². The van der Waals surface area contributed by atoms with Crippen molar-refractivity contribution in [2.45, 2.75) is 66.6 Å². The molecule has 7 nitrogen and oxygen atoms in total. The van der Waals surface area contributed by atoms with Gasteiger partial charge in [0.15, 0.2) is 0 Å². The van der Waals surface area contributed by atoms with Crippen molar-refractivity contribution in [1.82, 2.24) is 5.32 Å². The molecular formula is C17H31NO6. The largest absolute Gasteiger partial charge is 0.481 e. The molecule has 24 heavy (non-hydrogen) atoms. The first-order chi connectivity index (χ1) is 11.2. The minimum Gasteiger partial charge on any atom is -0.481 e. The standard InChI is InChI=1S/C17H31NO6/c1-6-13(10-12(5)15(20)21)8-9-18-17(22)24-16(11(3)4)23-14(19)7-2/h11-13,16H,6-10H2,1-5H3,(H,18,22)(H,20,21)/t12-,13?,16+/m0/s1. The van der Waals surface area contributed by atoms with Crippen LogP contribution in [0, 0.1) is 17.8 Å². The number of carbonyl (C=O) groups excluding carboxylic acids is 2. The first kappa shape index (κ1) is 22.2. The quantitative estimate of drug-likeness (QED) is 0.440. The van der Waals surface area contributed by atoms with Gasteiger partial charge in [-0.05, 0) is 18.8 Å². The molecule has 3 atom stereocenters. The number of carboxylic acids is 1. The fraction of sp³-hybridized carbons (Fsp3) is 0.824. The van der Waals surface area contributed by atoms with Crippen molar-refractivity contribution in [2.24, 2.45) is 17.8 Å². The molecule has 1 unspecified atom stereocenters. The first-order valence-electron chi connectivity index (χ1n) is 8.57. The number of alkyl carbamates (subject to hydrolysis) is 1. The lowest BCUT2D eigenvalue weighted by atomic mass is 9.91. The summed E-state index contributed by atoms with van der Waals surface area (Å²) in [5.74, 6) is -1.56. The summed E-state index contributed by atoms with van der Waals surface area (Å²) in [6.07, 6.45) is 0.756. The van der Waals surface area contributed by atoms with E-state index in [2.05, 4.69) is 5.32 Å². The summed E-state index contributed by atoms with van der Waals surface area (Å²) in [7, 11) is 0. The molecular weight excluding hydrogens is 314 g/mol. The number of hydrogen-bond donors (Lipinski definition) is 2. The van der Waals surface area contributed by atoms with Crippen molar-refractivity contribution in [2.75, 3.05) is 6.54 Å². The summed E-state index contributed by atoms with van der Waals surface area (Å²) in [5, 5.41) is 11.6. The molecule has 0 aromatic carbocycles. The molecule has 0 bridgehead atoms. The van der Waals surface area contributed by atoms with E-state index in [1.807, 2.05) is 6.92 Å². The van der Waals surface area contributed by atoms with Crippen LogP contribution in [-0.4, -0.2) is 36.0 Å². The van der Waals surface area contributed by atoms with Gasteiger partial charge in [0.05, 0.1) is 5.92 Å². The molecule has 0 saturated heterocycles. The molecule has 0 spiro atoms. The van der Waals surface area contributed by atoms with Gasteiger partial charge in [-0.15, -0.1) is 0 Å². The number of ether oxygens (including phenoxy) is 2. The van der Waals surface area contributed by atoms with Crippen molar-refractivity contribution in [3.8, 4) is 0 Å². The van der Waals surface area contributed by atoms with Crippen LogP contribution in [-0.2, 0) is 19.1 Å². The summed E-state index contributed by atoms with van der Waals surface area (Å²) in [4.78, 5) is 34.0. The Balaban J connectivity index is 4.26. The molecule has 0 fully saturated rings. The van der Waals surface area contributed by atoms with E-state index in [0.717, 1.165) is 6.42 Å². The summed E-state index contributed by atoms with van der Waals surface area (Å²) in [6.45, 7) is 9.32. The number of carboxylic acid groups (broad SMARTS) is 1. The molecule has 140 valence electrons. The Morgan fingerprint density at radius 1 is 1.08 bits per heavy atom. The number of esters is 1. The minimum absolute atomic E-state index is 0.147. The highest BCUT2D eigenvalue weighted by Crippen LogP contribution is 2.19. The summed E-state index contributed by atoms with van der Waals surface area (Å²) < 4.78 is 10.2. The molecule has 0 heterocycles. The van der Waals surface area contributed by atoms with E-state index < -0.39 is 30.2 Å². The van der Waals surface area contributed by atoms with Gasteiger partial charge in [-0.2, -0.15) is 0 Å². The third-order valence-corrected chi connectivity index (χ3v) is 3.81. The SMILES string of the molecule is CCC(=O)O[C@H](OC(=O)NCCC(CC)C[C@H](C)C(=O)O)C(C)C. The molecule has 0 aliphatic rings. The predicted molar refractivity (Wildman–Crippen MR) is 89.3 cm³/mol. The van der Waals surface area contributed by atoms with E-state index in [0.29, 0.717) is 19.4 Å². The molecule has 0 aliphatic heterocycles. The van der Waals surface area contributed by atoms with E-state index in [4.69, 9.17) is 14.6 Å². The maximum atomic E-state index is 11.8. The van der Waals surface area contributed by atoms with Gasteiger partial charge in [-0.1, -0.05) is 41.0 Å². The van der Waals surface area contributed by atoms with E-state index in [1.165, 1.54) is 0 Å². The lowest BCUT2D eigenvalue weighted by Crippen LogP contribution is -2.35. The van der Waals surface area contributed by atoms with Gasteiger partial charge in [-0.25, -0.2) is 4.79 Å². The van der Waals surface area contributed by atoms with Gasteiger partial charge < -0.3 is 19.9 Å². The highest BCUT2D eigenvalue weighted by atomic mass is 16.7. The lowest BCUT2D eigenvalue weighted by Gasteiger charge is -2.22. The third-order valence-electron chi connectivity index (χ3n) is 3.81. The first-order valence-corrected chi connectivity index (χ1v) is 8.57. The van der Waals surface area contributed by atoms with Crippen LogP contribution >= 0.6 is 0 Å². The van der Waals surface area contributed by atoms with Crippen molar-refractivity contribution in [3.63, 3.8) is 0 Å². The van der Waals surface area contributed by atoms with E-state index in [-0.39, 0.29) is 18.3 Å². The Kier molecular flexibility index (Phi) is 10.8. The highest BCUT2D eigenvalue weighted by Gasteiger charge is 2.22. The van der Waals surface area contributed by atoms with E-state index in [9.17, 15) is 14.4 Å². The Morgan fingerprint density at radius 3 is 2.17 bits per heavy atom. The van der Waals surface area contributed by atoms with Gasteiger partial charge in [-0.3, -0.25) is 9.59 Å². The fourth-order valence-electron chi connectivity index (χ4n) is 2.12. The number of aliphatic carboxylic acids is 1. The third kappa shape index (κ3) is 9.37. The van der Waals surface area contributed by atoms with Gasteiger partial charge in [0.2, 0.25) is 0 Å². The number of rotatable bonds is 11. The van der Waals surface area contributed by atoms with E-state index in [1.54, 1.807) is 27.7 Å². The van der Waals surface area contributed by atoms with Crippen LogP contribution < -0.4 is 5.32 Å². The van der Waals surface area contributed by atoms with Crippen LogP contribution in [0.3, 0.4) is 0 Å². The number of hydrogen-bond acceptors (Lipinski definition) is 5. The molecule has 0 aromatic heterocycles. The Bertz CT molecular complexity index is 410. The number of amides is 1.